The van der Waals surface area contributed by atoms with Gasteiger partial charge in [0.1, 0.15) is 0 Å². The summed E-state index contributed by atoms with van der Waals surface area (Å²) >= 11 is 0. The van der Waals surface area contributed by atoms with Gasteiger partial charge in [-0.15, -0.1) is 5.10 Å². The Morgan fingerprint density at radius 3 is 2.60 bits per heavy atom. The standard InChI is InChI=1S/C31H40N6O3/c1-5-27(30-33-34-35-37(30)25-9-7-6-8-10-25)36(16-15-22-12-14-28(39-3)29(18-22)40-4)20-24-19-23-13-11-21(2)17-26(23)32-31(24)38/h11-14,17-19,25,27H,5-10,15-16,20H2,1-4H3,(H,32,38)/t27-/m1/s1. The summed E-state index contributed by atoms with van der Waals surface area (Å²) in [5, 5.41) is 14.2. The highest BCUT2D eigenvalue weighted by Gasteiger charge is 2.29. The van der Waals surface area contributed by atoms with E-state index in [1.54, 1.807) is 14.2 Å². The van der Waals surface area contributed by atoms with Gasteiger partial charge < -0.3 is 14.5 Å². The van der Waals surface area contributed by atoms with Crippen LogP contribution in [-0.4, -0.2) is 50.9 Å². The Hall–Kier alpha value is -3.72. The molecule has 2 aromatic heterocycles. The topological polar surface area (TPSA) is 98.2 Å². The lowest BCUT2D eigenvalue weighted by Crippen LogP contribution is -2.35. The Morgan fingerprint density at radius 2 is 1.85 bits per heavy atom. The molecule has 1 atom stereocenters. The molecular weight excluding hydrogens is 504 g/mol. The number of fused-ring (bicyclic) bond motifs is 1. The molecule has 0 amide bonds. The van der Waals surface area contributed by atoms with E-state index in [0.717, 1.165) is 65.6 Å². The number of ether oxygens (including phenoxy) is 2. The van der Waals surface area contributed by atoms with Crippen LogP contribution >= 0.6 is 0 Å². The number of pyridine rings is 1. The Labute approximate surface area is 235 Å². The van der Waals surface area contributed by atoms with Crippen LogP contribution < -0.4 is 15.0 Å². The van der Waals surface area contributed by atoms with Crippen LogP contribution in [0.4, 0.5) is 0 Å². The minimum atomic E-state index is -0.0593. The number of nitrogens with zero attached hydrogens (tertiary/aromatic N) is 5. The Bertz CT molecular complexity index is 1490. The molecule has 212 valence electrons. The molecular formula is C31H40N6O3. The number of tetrazole rings is 1. The monoisotopic (exact) mass is 544 g/mol. The average molecular weight is 545 g/mol. The molecule has 1 saturated carbocycles. The Morgan fingerprint density at radius 1 is 1.05 bits per heavy atom. The zero-order valence-electron chi connectivity index (χ0n) is 24.0. The summed E-state index contributed by atoms with van der Waals surface area (Å²) in [5.74, 6) is 2.30. The number of hydrogen-bond acceptors (Lipinski definition) is 7. The van der Waals surface area contributed by atoms with Gasteiger partial charge in [-0.3, -0.25) is 9.69 Å². The van der Waals surface area contributed by atoms with Crippen molar-refractivity contribution in [3.8, 4) is 11.5 Å². The molecule has 0 saturated heterocycles. The Balaban J connectivity index is 1.48. The van der Waals surface area contributed by atoms with E-state index in [-0.39, 0.29) is 11.6 Å². The van der Waals surface area contributed by atoms with Gasteiger partial charge in [0.2, 0.25) is 0 Å². The third kappa shape index (κ3) is 6.04. The smallest absolute Gasteiger partial charge is 0.252 e. The third-order valence-corrected chi connectivity index (χ3v) is 8.15. The van der Waals surface area contributed by atoms with Gasteiger partial charge in [-0.2, -0.15) is 0 Å². The summed E-state index contributed by atoms with van der Waals surface area (Å²) in [4.78, 5) is 18.7. The molecule has 1 aliphatic carbocycles. The van der Waals surface area contributed by atoms with Crippen LogP contribution in [0.15, 0.2) is 47.3 Å². The highest BCUT2D eigenvalue weighted by atomic mass is 16.5. The SMILES string of the molecule is CC[C@H](c1nnnn1C1CCCCC1)N(CCc1ccc(OC)c(OC)c1)Cc1cc2ccc(C)cc2[nH]c1=O. The second-order valence-electron chi connectivity index (χ2n) is 10.8. The number of aromatic amines is 1. The van der Waals surface area contributed by atoms with Crippen molar-refractivity contribution < 1.29 is 9.47 Å². The first-order chi connectivity index (χ1) is 19.5. The molecule has 2 heterocycles. The van der Waals surface area contributed by atoms with Crippen molar-refractivity contribution in [2.24, 2.45) is 0 Å². The fourth-order valence-electron chi connectivity index (χ4n) is 5.96. The van der Waals surface area contributed by atoms with Crippen LogP contribution in [0.2, 0.25) is 0 Å². The number of aromatic nitrogens is 5. The first-order valence-corrected chi connectivity index (χ1v) is 14.4. The van der Waals surface area contributed by atoms with Crippen LogP contribution in [0.3, 0.4) is 0 Å². The first-order valence-electron chi connectivity index (χ1n) is 14.4. The number of H-pyrrole nitrogens is 1. The lowest BCUT2D eigenvalue weighted by molar-refractivity contribution is 0.165. The van der Waals surface area contributed by atoms with E-state index >= 15 is 0 Å². The van der Waals surface area contributed by atoms with Crippen LogP contribution in [0.5, 0.6) is 11.5 Å². The summed E-state index contributed by atoms with van der Waals surface area (Å²) in [6.45, 7) is 5.41. The second-order valence-corrected chi connectivity index (χ2v) is 10.8. The van der Waals surface area contributed by atoms with E-state index in [0.29, 0.717) is 24.1 Å². The van der Waals surface area contributed by atoms with Crippen LogP contribution in [0, 0.1) is 6.92 Å². The summed E-state index contributed by atoms with van der Waals surface area (Å²) in [5.41, 5.74) is 3.79. The minimum Gasteiger partial charge on any atom is -0.493 e. The first kappa shape index (κ1) is 27.8. The largest absolute Gasteiger partial charge is 0.493 e. The highest BCUT2D eigenvalue weighted by molar-refractivity contribution is 5.79. The van der Waals surface area contributed by atoms with E-state index in [9.17, 15) is 4.79 Å². The lowest BCUT2D eigenvalue weighted by Gasteiger charge is -2.32. The number of aryl methyl sites for hydroxylation is 1. The maximum absolute atomic E-state index is 13.3. The van der Waals surface area contributed by atoms with Crippen molar-refractivity contribution in [1.82, 2.24) is 30.1 Å². The van der Waals surface area contributed by atoms with Crippen molar-refractivity contribution in [1.29, 1.82) is 0 Å². The molecule has 0 aliphatic heterocycles. The maximum Gasteiger partial charge on any atom is 0.252 e. The molecule has 40 heavy (non-hydrogen) atoms. The molecule has 4 aromatic rings. The molecule has 1 aliphatic rings. The predicted molar refractivity (Wildman–Crippen MR) is 156 cm³/mol. The highest BCUT2D eigenvalue weighted by Crippen LogP contribution is 2.33. The fourth-order valence-corrected chi connectivity index (χ4v) is 5.96. The quantitative estimate of drug-likeness (QED) is 0.265. The van der Waals surface area contributed by atoms with Gasteiger partial charge in [0, 0.05) is 24.2 Å². The van der Waals surface area contributed by atoms with Gasteiger partial charge in [0.25, 0.3) is 5.56 Å². The molecule has 0 bridgehead atoms. The van der Waals surface area contributed by atoms with Crippen molar-refractivity contribution in [3.63, 3.8) is 0 Å². The maximum atomic E-state index is 13.3. The molecule has 9 nitrogen and oxygen atoms in total. The van der Waals surface area contributed by atoms with Crippen LogP contribution in [0.1, 0.15) is 80.0 Å². The molecule has 1 N–H and O–H groups in total. The number of methoxy groups -OCH3 is 2. The molecule has 0 spiro atoms. The van der Waals surface area contributed by atoms with E-state index in [4.69, 9.17) is 9.47 Å². The lowest BCUT2D eigenvalue weighted by atomic mass is 9.95. The van der Waals surface area contributed by atoms with Crippen LogP contribution in [-0.2, 0) is 13.0 Å². The molecule has 5 rings (SSSR count). The zero-order chi connectivity index (χ0) is 28.1. The molecule has 0 unspecified atom stereocenters. The number of hydrogen-bond donors (Lipinski definition) is 1. The van der Waals surface area contributed by atoms with Gasteiger partial charge in [-0.1, -0.05) is 44.4 Å². The average Bonchev–Trinajstić information content (AvgIpc) is 3.46. The molecule has 0 radical (unpaired) electrons. The minimum absolute atomic E-state index is 0.0369. The zero-order valence-corrected chi connectivity index (χ0v) is 24.0. The van der Waals surface area contributed by atoms with Gasteiger partial charge in [-0.05, 0) is 83.8 Å². The van der Waals surface area contributed by atoms with Gasteiger partial charge in [0.05, 0.1) is 26.3 Å². The number of benzene rings is 2. The van der Waals surface area contributed by atoms with E-state index in [2.05, 4.69) is 55.2 Å². The predicted octanol–water partition coefficient (Wildman–Crippen LogP) is 5.54. The molecule has 1 fully saturated rings. The normalized spacial score (nSPS) is 15.0. The molecule has 2 aromatic carbocycles. The Kier molecular flexibility index (Phi) is 8.79. The van der Waals surface area contributed by atoms with Crippen LogP contribution in [0.25, 0.3) is 10.9 Å². The summed E-state index contributed by atoms with van der Waals surface area (Å²) in [6, 6.07) is 14.5. The van der Waals surface area contributed by atoms with Gasteiger partial charge >= 0.3 is 0 Å². The van der Waals surface area contributed by atoms with Crippen molar-refractivity contribution in [3.05, 3.63) is 75.3 Å². The van der Waals surface area contributed by atoms with Gasteiger partial charge in [0.15, 0.2) is 17.3 Å². The van der Waals surface area contributed by atoms with Crippen molar-refractivity contribution >= 4 is 10.9 Å². The van der Waals surface area contributed by atoms with Crippen molar-refractivity contribution in [2.45, 2.75) is 77.4 Å². The van der Waals surface area contributed by atoms with Gasteiger partial charge in [-0.25, -0.2) is 4.68 Å². The summed E-state index contributed by atoms with van der Waals surface area (Å²) < 4.78 is 13.0. The van der Waals surface area contributed by atoms with E-state index < -0.39 is 0 Å². The fraction of sp³-hybridized carbons (Fsp3) is 0.484. The molecule has 9 heteroatoms. The number of rotatable bonds is 11. The number of nitrogens with one attached hydrogen (secondary N) is 1. The van der Waals surface area contributed by atoms with Crippen molar-refractivity contribution in [2.75, 3.05) is 20.8 Å². The third-order valence-electron chi connectivity index (χ3n) is 8.15. The second kappa shape index (κ2) is 12.6. The van der Waals surface area contributed by atoms with E-state index in [1.807, 2.05) is 31.2 Å². The van der Waals surface area contributed by atoms with E-state index in [1.165, 1.54) is 19.3 Å². The summed E-state index contributed by atoms with van der Waals surface area (Å²) in [6.07, 6.45) is 7.47. The summed E-state index contributed by atoms with van der Waals surface area (Å²) in [7, 11) is 3.30.